The van der Waals surface area contributed by atoms with Gasteiger partial charge in [0.1, 0.15) is 5.75 Å². The third-order valence-electron chi connectivity index (χ3n) is 4.54. The lowest BCUT2D eigenvalue weighted by Gasteiger charge is -2.22. The average Bonchev–Trinajstić information content (AvgIpc) is 3.20. The van der Waals surface area contributed by atoms with E-state index in [1.165, 1.54) is 0 Å². The second-order valence-corrected chi connectivity index (χ2v) is 6.68. The van der Waals surface area contributed by atoms with Crippen molar-refractivity contribution in [2.45, 2.75) is 18.9 Å². The minimum Gasteiger partial charge on any atom is -0.495 e. The van der Waals surface area contributed by atoms with Gasteiger partial charge in [-0.1, -0.05) is 23.7 Å². The average molecular weight is 386 g/mol. The van der Waals surface area contributed by atoms with Crippen LogP contribution in [-0.2, 0) is 4.74 Å². The fraction of sp³-hybridized carbons (Fsp3) is 0.316. The summed E-state index contributed by atoms with van der Waals surface area (Å²) >= 11 is 6.35. The topological polar surface area (TPSA) is 74.1 Å². The van der Waals surface area contributed by atoms with Crippen LogP contribution in [0.2, 0.25) is 5.02 Å². The van der Waals surface area contributed by atoms with Gasteiger partial charge in [0, 0.05) is 25.0 Å². The monoisotopic (exact) mass is 385 g/mol. The van der Waals surface area contributed by atoms with E-state index in [0.717, 1.165) is 37.3 Å². The number of nitrogens with one attached hydrogen (secondary N) is 1. The lowest BCUT2D eigenvalue weighted by Crippen LogP contribution is -2.19. The number of anilines is 2. The molecule has 3 aromatic rings. The molecule has 8 heteroatoms. The van der Waals surface area contributed by atoms with Crippen LogP contribution in [0.15, 0.2) is 42.9 Å². The quantitative estimate of drug-likeness (QED) is 0.712. The third kappa shape index (κ3) is 3.89. The van der Waals surface area contributed by atoms with E-state index in [1.54, 1.807) is 19.5 Å². The molecule has 1 saturated heterocycles. The lowest BCUT2D eigenvalue weighted by atomic mass is 10.1. The summed E-state index contributed by atoms with van der Waals surface area (Å²) < 4.78 is 12.8. The van der Waals surface area contributed by atoms with Crippen LogP contribution in [0.1, 0.15) is 18.9 Å². The van der Waals surface area contributed by atoms with Gasteiger partial charge in [-0.05, 0) is 25.0 Å². The summed E-state index contributed by atoms with van der Waals surface area (Å²) in [6, 6.07) is 7.94. The Hall–Kier alpha value is -2.64. The summed E-state index contributed by atoms with van der Waals surface area (Å²) in [5.41, 5.74) is 2.28. The number of nitrogens with zero attached hydrogens (tertiary/aromatic N) is 4. The molecule has 0 atom stereocenters. The summed E-state index contributed by atoms with van der Waals surface area (Å²) in [6.45, 7) is 1.53. The van der Waals surface area contributed by atoms with Crippen LogP contribution in [0.25, 0.3) is 11.3 Å². The number of halogens is 1. The van der Waals surface area contributed by atoms with Crippen molar-refractivity contribution in [1.82, 2.24) is 19.7 Å². The zero-order chi connectivity index (χ0) is 18.6. The minimum absolute atomic E-state index is 0.347. The standard InChI is InChI=1S/C19H20ClN5O2/c1-26-17-5-3-2-4-16(17)23-19-21-11-15(20)18(24-19)13-10-22-25(12-13)14-6-8-27-9-7-14/h2-5,10-12,14H,6-9H2,1H3,(H,21,23,24). The molecule has 0 spiro atoms. The zero-order valence-electron chi connectivity index (χ0n) is 14.9. The fourth-order valence-electron chi connectivity index (χ4n) is 3.11. The molecule has 0 aliphatic carbocycles. The predicted octanol–water partition coefficient (Wildman–Crippen LogP) is 4.10. The van der Waals surface area contributed by atoms with E-state index in [1.807, 2.05) is 35.1 Å². The van der Waals surface area contributed by atoms with Gasteiger partial charge in [0.25, 0.3) is 0 Å². The molecule has 1 aliphatic heterocycles. The van der Waals surface area contributed by atoms with E-state index in [9.17, 15) is 0 Å². The first-order valence-electron chi connectivity index (χ1n) is 8.79. The number of methoxy groups -OCH3 is 1. The number of benzene rings is 1. The van der Waals surface area contributed by atoms with Crippen LogP contribution < -0.4 is 10.1 Å². The van der Waals surface area contributed by atoms with Gasteiger partial charge >= 0.3 is 0 Å². The Bertz CT molecular complexity index is 924. The molecule has 4 rings (SSSR count). The molecule has 7 nitrogen and oxygen atoms in total. The normalized spacial score (nSPS) is 14.9. The zero-order valence-corrected chi connectivity index (χ0v) is 15.7. The van der Waals surface area contributed by atoms with Crippen molar-refractivity contribution in [3.05, 3.63) is 47.9 Å². The molecule has 3 heterocycles. The van der Waals surface area contributed by atoms with Crippen LogP contribution in [0.5, 0.6) is 5.75 Å². The van der Waals surface area contributed by atoms with Gasteiger partial charge in [0.05, 0.1) is 41.9 Å². The number of hydrogen-bond donors (Lipinski definition) is 1. The Morgan fingerprint density at radius 2 is 2.04 bits per heavy atom. The smallest absolute Gasteiger partial charge is 0.227 e. The number of ether oxygens (including phenoxy) is 2. The van der Waals surface area contributed by atoms with Crippen LogP contribution in [0.3, 0.4) is 0 Å². The predicted molar refractivity (Wildman–Crippen MR) is 104 cm³/mol. The molecule has 27 heavy (non-hydrogen) atoms. The second kappa shape index (κ2) is 7.94. The highest BCUT2D eigenvalue weighted by Crippen LogP contribution is 2.30. The molecule has 0 bridgehead atoms. The van der Waals surface area contributed by atoms with E-state index in [0.29, 0.717) is 28.5 Å². The Morgan fingerprint density at radius 3 is 2.85 bits per heavy atom. The van der Waals surface area contributed by atoms with Gasteiger partial charge in [-0.15, -0.1) is 0 Å². The highest BCUT2D eigenvalue weighted by atomic mass is 35.5. The first-order chi connectivity index (χ1) is 13.2. The van der Waals surface area contributed by atoms with Crippen LogP contribution in [-0.4, -0.2) is 40.1 Å². The van der Waals surface area contributed by atoms with E-state index in [4.69, 9.17) is 21.1 Å². The van der Waals surface area contributed by atoms with Crippen molar-refractivity contribution in [2.24, 2.45) is 0 Å². The molecule has 1 aromatic carbocycles. The molecule has 0 unspecified atom stereocenters. The molecule has 1 N–H and O–H groups in total. The second-order valence-electron chi connectivity index (χ2n) is 6.27. The Labute approximate surface area is 162 Å². The first kappa shape index (κ1) is 17.8. The first-order valence-corrected chi connectivity index (χ1v) is 9.17. The van der Waals surface area contributed by atoms with Gasteiger partial charge in [0.15, 0.2) is 0 Å². The maximum absolute atomic E-state index is 6.35. The Morgan fingerprint density at radius 1 is 1.22 bits per heavy atom. The van der Waals surface area contributed by atoms with E-state index < -0.39 is 0 Å². The molecule has 0 radical (unpaired) electrons. The van der Waals surface area contributed by atoms with Gasteiger partial charge < -0.3 is 14.8 Å². The molecule has 1 fully saturated rings. The summed E-state index contributed by atoms with van der Waals surface area (Å²) in [7, 11) is 1.62. The highest BCUT2D eigenvalue weighted by molar-refractivity contribution is 6.32. The number of hydrogen-bond acceptors (Lipinski definition) is 6. The molecule has 0 saturated carbocycles. The summed E-state index contributed by atoms with van der Waals surface area (Å²) in [6.07, 6.45) is 7.28. The minimum atomic E-state index is 0.347. The van der Waals surface area contributed by atoms with Gasteiger partial charge in [0.2, 0.25) is 5.95 Å². The van der Waals surface area contributed by atoms with Crippen molar-refractivity contribution in [3.63, 3.8) is 0 Å². The van der Waals surface area contributed by atoms with Crippen molar-refractivity contribution in [2.75, 3.05) is 25.6 Å². The molecule has 2 aromatic heterocycles. The van der Waals surface area contributed by atoms with E-state index >= 15 is 0 Å². The largest absolute Gasteiger partial charge is 0.495 e. The lowest BCUT2D eigenvalue weighted by molar-refractivity contribution is 0.0662. The SMILES string of the molecule is COc1ccccc1Nc1ncc(Cl)c(-c2cnn(C3CCOCC3)c2)n1. The fourth-order valence-corrected chi connectivity index (χ4v) is 3.31. The maximum Gasteiger partial charge on any atom is 0.227 e. The number of aromatic nitrogens is 4. The molecular weight excluding hydrogens is 366 g/mol. The summed E-state index contributed by atoms with van der Waals surface area (Å²) in [4.78, 5) is 8.86. The third-order valence-corrected chi connectivity index (χ3v) is 4.81. The maximum atomic E-state index is 6.35. The van der Waals surface area contributed by atoms with Crippen LogP contribution in [0, 0.1) is 0 Å². The number of rotatable bonds is 5. The molecule has 140 valence electrons. The Kier molecular flexibility index (Phi) is 5.22. The van der Waals surface area contributed by atoms with Crippen molar-refractivity contribution in [1.29, 1.82) is 0 Å². The summed E-state index contributed by atoms with van der Waals surface area (Å²) in [5, 5.41) is 8.16. The van der Waals surface area contributed by atoms with Gasteiger partial charge in [-0.3, -0.25) is 4.68 Å². The van der Waals surface area contributed by atoms with Crippen molar-refractivity contribution >= 4 is 23.2 Å². The van der Waals surface area contributed by atoms with Gasteiger partial charge in [-0.25, -0.2) is 9.97 Å². The summed E-state index contributed by atoms with van der Waals surface area (Å²) in [5.74, 6) is 1.16. The van der Waals surface area contributed by atoms with E-state index in [-0.39, 0.29) is 0 Å². The number of para-hydroxylation sites is 2. The molecule has 0 amide bonds. The molecular formula is C19H20ClN5O2. The van der Waals surface area contributed by atoms with Crippen molar-refractivity contribution < 1.29 is 9.47 Å². The molecule has 1 aliphatic rings. The van der Waals surface area contributed by atoms with E-state index in [2.05, 4.69) is 20.4 Å². The highest BCUT2D eigenvalue weighted by Gasteiger charge is 2.18. The van der Waals surface area contributed by atoms with Crippen LogP contribution >= 0.6 is 11.6 Å². The Balaban J connectivity index is 1.60. The van der Waals surface area contributed by atoms with Crippen molar-refractivity contribution in [3.8, 4) is 17.0 Å². The van der Waals surface area contributed by atoms with Crippen LogP contribution in [0.4, 0.5) is 11.6 Å². The van der Waals surface area contributed by atoms with Gasteiger partial charge in [-0.2, -0.15) is 5.10 Å².